The van der Waals surface area contributed by atoms with E-state index < -0.39 is 0 Å². The first-order valence-corrected chi connectivity index (χ1v) is 7.88. The van der Waals surface area contributed by atoms with Gasteiger partial charge in [0.2, 0.25) is 0 Å². The maximum atomic E-state index is 6.20. The molecule has 0 spiro atoms. The molecule has 0 aliphatic carbocycles. The fourth-order valence-electron chi connectivity index (χ4n) is 2.12. The second-order valence-electron chi connectivity index (χ2n) is 4.80. The van der Waals surface area contributed by atoms with E-state index in [0.717, 1.165) is 17.6 Å². The van der Waals surface area contributed by atoms with Crippen LogP contribution in [0.5, 0.6) is 0 Å². The van der Waals surface area contributed by atoms with Gasteiger partial charge in [0.1, 0.15) is 0 Å². The van der Waals surface area contributed by atoms with Crippen LogP contribution in [0.15, 0.2) is 15.9 Å². The molecule has 0 saturated carbocycles. The third-order valence-electron chi connectivity index (χ3n) is 2.95. The van der Waals surface area contributed by atoms with Crippen molar-refractivity contribution in [1.29, 1.82) is 0 Å². The number of hydrogen-bond acceptors (Lipinski definition) is 4. The minimum atomic E-state index is 0.0924. The van der Waals surface area contributed by atoms with Crippen molar-refractivity contribution in [3.8, 4) is 0 Å². The highest BCUT2D eigenvalue weighted by Crippen LogP contribution is 2.32. The average molecular weight is 335 g/mol. The Morgan fingerprint density at radius 1 is 1.44 bits per heavy atom. The van der Waals surface area contributed by atoms with E-state index in [9.17, 15) is 0 Å². The van der Waals surface area contributed by atoms with Crippen LogP contribution in [-0.4, -0.2) is 37.2 Å². The highest BCUT2D eigenvalue weighted by molar-refractivity contribution is 9.10. The SMILES string of the molecule is COCCN(C(C)C)C(c1cc(Br)cs1)C(C)N. The molecule has 1 aromatic heterocycles. The van der Waals surface area contributed by atoms with Crippen LogP contribution in [0.1, 0.15) is 31.7 Å². The van der Waals surface area contributed by atoms with Crippen LogP contribution in [0.25, 0.3) is 0 Å². The average Bonchev–Trinajstić information content (AvgIpc) is 2.69. The normalized spacial score (nSPS) is 15.3. The minimum absolute atomic E-state index is 0.0924. The zero-order valence-corrected chi connectivity index (χ0v) is 13.9. The van der Waals surface area contributed by atoms with Gasteiger partial charge in [-0.1, -0.05) is 0 Å². The molecule has 0 bridgehead atoms. The summed E-state index contributed by atoms with van der Waals surface area (Å²) in [6.45, 7) is 8.10. The van der Waals surface area contributed by atoms with Crippen LogP contribution in [0, 0.1) is 0 Å². The van der Waals surface area contributed by atoms with Gasteiger partial charge in [0, 0.05) is 40.5 Å². The highest BCUT2D eigenvalue weighted by atomic mass is 79.9. The Morgan fingerprint density at radius 3 is 2.50 bits per heavy atom. The lowest BCUT2D eigenvalue weighted by molar-refractivity contribution is 0.0878. The summed E-state index contributed by atoms with van der Waals surface area (Å²) in [6.07, 6.45) is 0. The van der Waals surface area contributed by atoms with Gasteiger partial charge in [-0.15, -0.1) is 11.3 Å². The van der Waals surface area contributed by atoms with Crippen molar-refractivity contribution >= 4 is 27.3 Å². The Kier molecular flexibility index (Phi) is 6.81. The molecule has 3 nitrogen and oxygen atoms in total. The van der Waals surface area contributed by atoms with Crippen LogP contribution in [0.2, 0.25) is 0 Å². The fourth-order valence-corrected chi connectivity index (χ4v) is 3.80. The minimum Gasteiger partial charge on any atom is -0.383 e. The van der Waals surface area contributed by atoms with Crippen molar-refractivity contribution in [2.45, 2.75) is 38.9 Å². The van der Waals surface area contributed by atoms with Crippen LogP contribution in [0.4, 0.5) is 0 Å². The molecular formula is C13H23BrN2OS. The van der Waals surface area contributed by atoms with Gasteiger partial charge in [-0.05, 0) is 42.8 Å². The van der Waals surface area contributed by atoms with Crippen molar-refractivity contribution in [2.24, 2.45) is 5.73 Å². The van der Waals surface area contributed by atoms with Gasteiger partial charge in [-0.3, -0.25) is 4.90 Å². The third kappa shape index (κ3) is 4.31. The fraction of sp³-hybridized carbons (Fsp3) is 0.692. The van der Waals surface area contributed by atoms with E-state index in [4.69, 9.17) is 10.5 Å². The summed E-state index contributed by atoms with van der Waals surface area (Å²) in [5.74, 6) is 0. The first kappa shape index (κ1) is 16.1. The predicted molar refractivity (Wildman–Crippen MR) is 82.1 cm³/mol. The Morgan fingerprint density at radius 2 is 2.11 bits per heavy atom. The molecule has 0 aliphatic heterocycles. The summed E-state index contributed by atoms with van der Waals surface area (Å²) >= 11 is 5.27. The summed E-state index contributed by atoms with van der Waals surface area (Å²) in [5.41, 5.74) is 6.20. The van der Waals surface area contributed by atoms with Gasteiger partial charge in [-0.25, -0.2) is 0 Å². The summed E-state index contributed by atoms with van der Waals surface area (Å²) in [5, 5.41) is 2.11. The molecule has 0 saturated heterocycles. The number of ether oxygens (including phenoxy) is 1. The lowest BCUT2D eigenvalue weighted by atomic mass is 10.1. The van der Waals surface area contributed by atoms with E-state index in [1.807, 2.05) is 0 Å². The van der Waals surface area contributed by atoms with Gasteiger partial charge in [0.15, 0.2) is 0 Å². The highest BCUT2D eigenvalue weighted by Gasteiger charge is 2.27. The smallest absolute Gasteiger partial charge is 0.0594 e. The molecule has 2 N–H and O–H groups in total. The molecule has 5 heteroatoms. The number of thiophene rings is 1. The molecule has 1 rings (SSSR count). The molecule has 0 radical (unpaired) electrons. The quantitative estimate of drug-likeness (QED) is 0.831. The van der Waals surface area contributed by atoms with Crippen molar-refractivity contribution in [2.75, 3.05) is 20.3 Å². The van der Waals surface area contributed by atoms with E-state index in [2.05, 4.69) is 53.0 Å². The van der Waals surface area contributed by atoms with Crippen LogP contribution < -0.4 is 5.73 Å². The van der Waals surface area contributed by atoms with Gasteiger partial charge in [0.05, 0.1) is 12.6 Å². The summed E-state index contributed by atoms with van der Waals surface area (Å²) in [6, 6.07) is 2.95. The van der Waals surface area contributed by atoms with Gasteiger partial charge < -0.3 is 10.5 Å². The summed E-state index contributed by atoms with van der Waals surface area (Å²) < 4.78 is 6.33. The number of halogens is 1. The largest absolute Gasteiger partial charge is 0.383 e. The Bertz CT molecular complexity index is 355. The second-order valence-corrected chi connectivity index (χ2v) is 6.65. The molecule has 1 heterocycles. The van der Waals surface area contributed by atoms with Crippen LogP contribution in [-0.2, 0) is 4.74 Å². The van der Waals surface area contributed by atoms with Crippen molar-refractivity contribution in [3.05, 3.63) is 20.8 Å². The first-order chi connectivity index (χ1) is 8.47. The molecule has 0 fully saturated rings. The van der Waals surface area contributed by atoms with Crippen molar-refractivity contribution in [1.82, 2.24) is 4.90 Å². The first-order valence-electron chi connectivity index (χ1n) is 6.21. The van der Waals surface area contributed by atoms with E-state index in [-0.39, 0.29) is 12.1 Å². The number of hydrogen-bond donors (Lipinski definition) is 1. The Labute approximate surface area is 122 Å². The summed E-state index contributed by atoms with van der Waals surface area (Å²) in [4.78, 5) is 3.72. The monoisotopic (exact) mass is 334 g/mol. The maximum absolute atomic E-state index is 6.20. The Balaban J connectivity index is 2.93. The molecule has 104 valence electrons. The van der Waals surface area contributed by atoms with Crippen molar-refractivity contribution in [3.63, 3.8) is 0 Å². The van der Waals surface area contributed by atoms with Crippen molar-refractivity contribution < 1.29 is 4.74 Å². The molecule has 0 aliphatic rings. The molecule has 2 unspecified atom stereocenters. The van der Waals surface area contributed by atoms with E-state index in [1.54, 1.807) is 18.4 Å². The van der Waals surface area contributed by atoms with Gasteiger partial charge in [0.25, 0.3) is 0 Å². The van der Waals surface area contributed by atoms with E-state index in [0.29, 0.717) is 6.04 Å². The van der Waals surface area contributed by atoms with Crippen LogP contribution in [0.3, 0.4) is 0 Å². The summed E-state index contributed by atoms with van der Waals surface area (Å²) in [7, 11) is 1.74. The number of methoxy groups -OCH3 is 1. The number of rotatable bonds is 7. The van der Waals surface area contributed by atoms with E-state index in [1.165, 1.54) is 4.88 Å². The maximum Gasteiger partial charge on any atom is 0.0594 e. The topological polar surface area (TPSA) is 38.5 Å². The molecule has 1 aromatic rings. The molecule has 0 amide bonds. The zero-order valence-electron chi connectivity index (χ0n) is 11.5. The molecule has 0 aromatic carbocycles. The Hall–Kier alpha value is 0.0600. The predicted octanol–water partition coefficient (Wildman–Crippen LogP) is 3.26. The molecule has 2 atom stereocenters. The van der Waals surface area contributed by atoms with E-state index >= 15 is 0 Å². The number of nitrogens with zero attached hydrogens (tertiary/aromatic N) is 1. The number of nitrogens with two attached hydrogens (primary N) is 1. The lowest BCUT2D eigenvalue weighted by Gasteiger charge is -2.36. The molecule has 18 heavy (non-hydrogen) atoms. The standard InChI is InChI=1S/C13H23BrN2OS/c1-9(2)16(5-6-17-4)13(10(3)15)12-7-11(14)8-18-12/h7-10,13H,5-6,15H2,1-4H3. The second kappa shape index (κ2) is 7.60. The molecular weight excluding hydrogens is 312 g/mol. The third-order valence-corrected chi connectivity index (χ3v) is 4.72. The zero-order chi connectivity index (χ0) is 13.7. The van der Waals surface area contributed by atoms with Gasteiger partial charge in [-0.2, -0.15) is 0 Å². The van der Waals surface area contributed by atoms with Gasteiger partial charge >= 0.3 is 0 Å². The lowest BCUT2D eigenvalue weighted by Crippen LogP contribution is -2.44. The van der Waals surface area contributed by atoms with Crippen LogP contribution >= 0.6 is 27.3 Å².